The van der Waals surface area contributed by atoms with Crippen LogP contribution in [-0.2, 0) is 25.6 Å². The smallest absolute Gasteiger partial charge is 0.326 e. The van der Waals surface area contributed by atoms with Crippen LogP contribution in [-0.4, -0.2) is 66.0 Å². The van der Waals surface area contributed by atoms with Gasteiger partial charge in [0, 0.05) is 13.0 Å². The average Bonchev–Trinajstić information content (AvgIpc) is 2.78. The van der Waals surface area contributed by atoms with Gasteiger partial charge < -0.3 is 38.3 Å². The van der Waals surface area contributed by atoms with Crippen LogP contribution in [0.2, 0.25) is 0 Å². The van der Waals surface area contributed by atoms with Crippen molar-refractivity contribution in [3.8, 4) is 0 Å². The number of guanidine groups is 1. The SMILES string of the molecule is CC(C)CC(N)C(=O)NC(Cc1ccccc1)C(=O)NCC(=O)NC(CCCN=C(N)N)C(=O)O. The number of nitrogens with one attached hydrogen (secondary N) is 3. The third kappa shape index (κ3) is 12.4. The van der Waals surface area contributed by atoms with Gasteiger partial charge in [0.2, 0.25) is 17.7 Å². The zero-order chi connectivity index (χ0) is 26.4. The zero-order valence-corrected chi connectivity index (χ0v) is 20.2. The Morgan fingerprint density at radius 2 is 1.66 bits per heavy atom. The number of carboxylic acid groups (broad SMARTS) is 1. The van der Waals surface area contributed by atoms with Crippen molar-refractivity contribution >= 4 is 29.7 Å². The fourth-order valence-corrected chi connectivity index (χ4v) is 3.25. The molecule has 12 heteroatoms. The van der Waals surface area contributed by atoms with Gasteiger partial charge in [-0.05, 0) is 30.7 Å². The van der Waals surface area contributed by atoms with Gasteiger partial charge in [-0.25, -0.2) is 4.79 Å². The highest BCUT2D eigenvalue weighted by atomic mass is 16.4. The molecular formula is C23H37N7O5. The van der Waals surface area contributed by atoms with Crippen LogP contribution >= 0.6 is 0 Å². The summed E-state index contributed by atoms with van der Waals surface area (Å²) in [5, 5.41) is 16.8. The van der Waals surface area contributed by atoms with Crippen molar-refractivity contribution in [1.29, 1.82) is 0 Å². The second-order valence-electron chi connectivity index (χ2n) is 8.61. The first-order valence-corrected chi connectivity index (χ1v) is 11.4. The van der Waals surface area contributed by atoms with Gasteiger partial charge in [0.15, 0.2) is 5.96 Å². The van der Waals surface area contributed by atoms with Crippen LogP contribution in [0.25, 0.3) is 0 Å². The van der Waals surface area contributed by atoms with Gasteiger partial charge in [0.05, 0.1) is 12.6 Å². The molecule has 10 N–H and O–H groups in total. The number of benzene rings is 1. The number of nitrogens with zero attached hydrogens (tertiary/aromatic N) is 1. The Bertz CT molecular complexity index is 872. The Labute approximate surface area is 205 Å². The average molecular weight is 492 g/mol. The lowest BCUT2D eigenvalue weighted by Crippen LogP contribution is -2.54. The largest absolute Gasteiger partial charge is 0.480 e. The van der Waals surface area contributed by atoms with Crippen molar-refractivity contribution in [2.24, 2.45) is 28.1 Å². The lowest BCUT2D eigenvalue weighted by molar-refractivity contribution is -0.142. The Balaban J connectivity index is 2.73. The summed E-state index contributed by atoms with van der Waals surface area (Å²) in [7, 11) is 0. The van der Waals surface area contributed by atoms with E-state index >= 15 is 0 Å². The number of amides is 3. The van der Waals surface area contributed by atoms with Gasteiger partial charge in [-0.3, -0.25) is 19.4 Å². The first-order valence-electron chi connectivity index (χ1n) is 11.4. The molecule has 0 fully saturated rings. The summed E-state index contributed by atoms with van der Waals surface area (Å²) in [6, 6.07) is 6.16. The van der Waals surface area contributed by atoms with E-state index in [1.165, 1.54) is 0 Å². The highest BCUT2D eigenvalue weighted by Gasteiger charge is 2.26. The summed E-state index contributed by atoms with van der Waals surface area (Å²) in [4.78, 5) is 52.8. The second-order valence-corrected chi connectivity index (χ2v) is 8.61. The molecule has 0 aromatic heterocycles. The number of rotatable bonds is 15. The molecule has 0 spiro atoms. The lowest BCUT2D eigenvalue weighted by atomic mass is 10.0. The third-order valence-corrected chi connectivity index (χ3v) is 4.98. The number of carbonyl (C=O) groups excluding carboxylic acids is 3. The van der Waals surface area contributed by atoms with E-state index in [4.69, 9.17) is 17.2 Å². The fourth-order valence-electron chi connectivity index (χ4n) is 3.25. The Kier molecular flexibility index (Phi) is 12.8. The van der Waals surface area contributed by atoms with Crippen molar-refractivity contribution in [1.82, 2.24) is 16.0 Å². The first-order chi connectivity index (χ1) is 16.5. The molecule has 1 rings (SSSR count). The Hall–Kier alpha value is -3.67. The van der Waals surface area contributed by atoms with Crippen LogP contribution in [0.3, 0.4) is 0 Å². The lowest BCUT2D eigenvalue weighted by Gasteiger charge is -2.22. The fraction of sp³-hybridized carbons (Fsp3) is 0.522. The van der Waals surface area contributed by atoms with Crippen molar-refractivity contribution < 1.29 is 24.3 Å². The zero-order valence-electron chi connectivity index (χ0n) is 20.2. The van der Waals surface area contributed by atoms with Crippen LogP contribution in [0, 0.1) is 5.92 Å². The molecule has 194 valence electrons. The summed E-state index contributed by atoms with van der Waals surface area (Å²) >= 11 is 0. The molecule has 3 unspecified atom stereocenters. The van der Waals surface area contributed by atoms with Gasteiger partial charge in [0.25, 0.3) is 0 Å². The molecule has 12 nitrogen and oxygen atoms in total. The Morgan fingerprint density at radius 3 is 2.23 bits per heavy atom. The normalized spacial score (nSPS) is 13.3. The van der Waals surface area contributed by atoms with E-state index in [9.17, 15) is 24.3 Å². The van der Waals surface area contributed by atoms with Crippen LogP contribution in [0.1, 0.15) is 38.7 Å². The predicted octanol–water partition coefficient (Wildman–Crippen LogP) is -1.17. The molecule has 0 saturated carbocycles. The van der Waals surface area contributed by atoms with Gasteiger partial charge in [0.1, 0.15) is 12.1 Å². The summed E-state index contributed by atoms with van der Waals surface area (Å²) in [5.74, 6) is -2.87. The maximum absolute atomic E-state index is 12.8. The maximum atomic E-state index is 12.8. The molecule has 1 aromatic carbocycles. The molecule has 0 radical (unpaired) electrons. The number of hydrogen-bond donors (Lipinski definition) is 7. The quantitative estimate of drug-likeness (QED) is 0.0898. The van der Waals surface area contributed by atoms with Crippen LogP contribution in [0.4, 0.5) is 0 Å². The highest BCUT2D eigenvalue weighted by Crippen LogP contribution is 2.06. The molecule has 3 atom stereocenters. The number of carbonyl (C=O) groups is 4. The molecule has 0 aliphatic heterocycles. The van der Waals surface area contributed by atoms with E-state index in [1.54, 1.807) is 0 Å². The summed E-state index contributed by atoms with van der Waals surface area (Å²) < 4.78 is 0. The third-order valence-electron chi connectivity index (χ3n) is 4.98. The Morgan fingerprint density at radius 1 is 1.00 bits per heavy atom. The summed E-state index contributed by atoms with van der Waals surface area (Å²) in [5.41, 5.74) is 17.2. The van der Waals surface area contributed by atoms with Crippen LogP contribution in [0.15, 0.2) is 35.3 Å². The topological polar surface area (TPSA) is 215 Å². The molecule has 0 bridgehead atoms. The van der Waals surface area contributed by atoms with Crippen LogP contribution in [0.5, 0.6) is 0 Å². The van der Waals surface area contributed by atoms with Crippen molar-refractivity contribution in [3.05, 3.63) is 35.9 Å². The van der Waals surface area contributed by atoms with Gasteiger partial charge in [-0.15, -0.1) is 0 Å². The van der Waals surface area contributed by atoms with E-state index in [-0.39, 0.29) is 31.3 Å². The first kappa shape index (κ1) is 29.4. The van der Waals surface area contributed by atoms with Gasteiger partial charge >= 0.3 is 5.97 Å². The van der Waals surface area contributed by atoms with Crippen molar-refractivity contribution in [3.63, 3.8) is 0 Å². The standard InChI is InChI=1S/C23H37N7O5/c1-14(2)11-16(24)20(32)30-18(12-15-7-4-3-5-8-15)21(33)28-13-19(31)29-17(22(34)35)9-6-10-27-23(25)26/h3-5,7-8,14,16-18H,6,9-13,24H2,1-2H3,(H,28,33)(H,29,31)(H,30,32)(H,34,35)(H4,25,26,27). The molecule has 0 heterocycles. The van der Waals surface area contributed by atoms with Crippen LogP contribution < -0.4 is 33.2 Å². The van der Waals surface area contributed by atoms with Gasteiger partial charge in [-0.1, -0.05) is 44.2 Å². The molecule has 1 aromatic rings. The van der Waals surface area contributed by atoms with E-state index in [0.717, 1.165) is 5.56 Å². The molecule has 0 aliphatic rings. The number of nitrogens with two attached hydrogens (primary N) is 3. The molecule has 0 saturated heterocycles. The number of aliphatic carboxylic acids is 1. The summed E-state index contributed by atoms with van der Waals surface area (Å²) in [6.45, 7) is 3.63. The van der Waals surface area contributed by atoms with E-state index in [1.807, 2.05) is 44.2 Å². The van der Waals surface area contributed by atoms with Gasteiger partial charge in [-0.2, -0.15) is 0 Å². The minimum absolute atomic E-state index is 0.103. The van der Waals surface area contributed by atoms with Crippen molar-refractivity contribution in [2.75, 3.05) is 13.1 Å². The minimum Gasteiger partial charge on any atom is -0.480 e. The predicted molar refractivity (Wildman–Crippen MR) is 132 cm³/mol. The number of hydrogen-bond acceptors (Lipinski definition) is 6. The molecule has 35 heavy (non-hydrogen) atoms. The molecule has 0 aliphatic carbocycles. The minimum atomic E-state index is -1.22. The number of carboxylic acids is 1. The second kappa shape index (κ2) is 15.3. The maximum Gasteiger partial charge on any atom is 0.326 e. The van der Waals surface area contributed by atoms with Crippen molar-refractivity contribution in [2.45, 2.75) is 57.7 Å². The highest BCUT2D eigenvalue weighted by molar-refractivity contribution is 5.92. The number of aliphatic imine (C=N–C) groups is 1. The van der Waals surface area contributed by atoms with E-state index in [0.29, 0.717) is 12.8 Å². The summed E-state index contributed by atoms with van der Waals surface area (Å²) in [6.07, 6.45) is 1.08. The van der Waals surface area contributed by atoms with E-state index in [2.05, 4.69) is 20.9 Å². The molecule has 3 amide bonds. The van der Waals surface area contributed by atoms with E-state index < -0.39 is 48.4 Å². The molecular weight excluding hydrogens is 454 g/mol. The monoisotopic (exact) mass is 491 g/mol.